The van der Waals surface area contributed by atoms with Crippen LogP contribution in [-0.4, -0.2) is 30.1 Å². The molecule has 0 unspecified atom stereocenters. The van der Waals surface area contributed by atoms with Crippen molar-refractivity contribution in [3.63, 3.8) is 0 Å². The molecule has 0 bridgehead atoms. The summed E-state index contributed by atoms with van der Waals surface area (Å²) >= 11 is 2.02. The molecule has 2 heterocycles. The molecular formula is C10H5FN6O2S2. The monoisotopic (exact) mass is 324 g/mol. The Morgan fingerprint density at radius 1 is 1.33 bits per heavy atom. The van der Waals surface area contributed by atoms with Gasteiger partial charge >= 0.3 is 5.00 Å². The summed E-state index contributed by atoms with van der Waals surface area (Å²) in [6.07, 6.45) is 1.18. The van der Waals surface area contributed by atoms with Gasteiger partial charge in [-0.2, -0.15) is 4.68 Å². The van der Waals surface area contributed by atoms with Gasteiger partial charge in [0.05, 0.1) is 10.6 Å². The lowest BCUT2D eigenvalue weighted by Gasteiger charge is -2.02. The van der Waals surface area contributed by atoms with Crippen molar-refractivity contribution in [2.75, 3.05) is 0 Å². The van der Waals surface area contributed by atoms with Gasteiger partial charge in [-0.1, -0.05) is 0 Å². The molecule has 0 spiro atoms. The molecule has 0 saturated heterocycles. The van der Waals surface area contributed by atoms with E-state index in [1.807, 2.05) is 0 Å². The minimum Gasteiger partial charge on any atom is -0.257 e. The molecule has 0 saturated carbocycles. The number of rotatable bonds is 4. The van der Waals surface area contributed by atoms with Crippen molar-refractivity contribution in [2.24, 2.45) is 0 Å². The van der Waals surface area contributed by atoms with E-state index < -0.39 is 4.92 Å². The van der Waals surface area contributed by atoms with E-state index in [4.69, 9.17) is 0 Å². The van der Waals surface area contributed by atoms with Crippen molar-refractivity contribution in [1.29, 1.82) is 0 Å². The third-order valence-electron chi connectivity index (χ3n) is 2.34. The smallest absolute Gasteiger partial charge is 0.257 e. The molecule has 3 rings (SSSR count). The predicted molar refractivity (Wildman–Crippen MR) is 72.0 cm³/mol. The summed E-state index contributed by atoms with van der Waals surface area (Å²) in [5.41, 5.74) is 0.579. The Morgan fingerprint density at radius 2 is 2.10 bits per heavy atom. The zero-order chi connectivity index (χ0) is 14.8. The van der Waals surface area contributed by atoms with Gasteiger partial charge in [-0.05, 0) is 57.8 Å². The SMILES string of the molecule is O=[N+]([O-])c1cnc(Sc2nnnn2-c2ccc(F)cc2)s1. The van der Waals surface area contributed by atoms with Crippen molar-refractivity contribution in [3.8, 4) is 5.69 Å². The van der Waals surface area contributed by atoms with E-state index in [2.05, 4.69) is 20.5 Å². The molecule has 3 aromatic rings. The van der Waals surface area contributed by atoms with Crippen LogP contribution in [-0.2, 0) is 0 Å². The molecule has 11 heteroatoms. The average molecular weight is 324 g/mol. The summed E-state index contributed by atoms with van der Waals surface area (Å²) < 4.78 is 14.8. The molecule has 0 aliphatic carbocycles. The van der Waals surface area contributed by atoms with Crippen LogP contribution in [0.4, 0.5) is 9.39 Å². The van der Waals surface area contributed by atoms with Gasteiger partial charge in [0.15, 0.2) is 4.34 Å². The van der Waals surface area contributed by atoms with Gasteiger partial charge in [-0.25, -0.2) is 9.37 Å². The predicted octanol–water partition coefficient (Wildman–Crippen LogP) is 2.32. The first-order valence-corrected chi connectivity index (χ1v) is 7.09. The normalized spacial score (nSPS) is 10.7. The number of nitro groups is 1. The third kappa shape index (κ3) is 2.87. The number of halogens is 1. The minimum atomic E-state index is -0.509. The highest BCUT2D eigenvalue weighted by atomic mass is 32.2. The van der Waals surface area contributed by atoms with E-state index >= 15 is 0 Å². The molecule has 0 aliphatic heterocycles. The van der Waals surface area contributed by atoms with Crippen LogP contribution in [0.25, 0.3) is 5.69 Å². The molecule has 0 radical (unpaired) electrons. The van der Waals surface area contributed by atoms with Crippen LogP contribution in [0.15, 0.2) is 40.0 Å². The highest BCUT2D eigenvalue weighted by Gasteiger charge is 2.16. The number of benzene rings is 1. The van der Waals surface area contributed by atoms with Gasteiger partial charge < -0.3 is 0 Å². The van der Waals surface area contributed by atoms with Crippen LogP contribution in [0.2, 0.25) is 0 Å². The molecule has 8 nitrogen and oxygen atoms in total. The number of aromatic nitrogens is 5. The third-order valence-corrected chi connectivity index (χ3v) is 4.30. The topological polar surface area (TPSA) is 99.6 Å². The van der Waals surface area contributed by atoms with Gasteiger partial charge in [-0.3, -0.25) is 10.1 Å². The zero-order valence-corrected chi connectivity index (χ0v) is 11.7. The Balaban J connectivity index is 1.88. The molecule has 0 amide bonds. The Kier molecular flexibility index (Phi) is 3.58. The average Bonchev–Trinajstić information content (AvgIpc) is 3.10. The Morgan fingerprint density at radius 3 is 2.76 bits per heavy atom. The fourth-order valence-electron chi connectivity index (χ4n) is 1.45. The fourth-order valence-corrected chi connectivity index (χ4v) is 3.12. The van der Waals surface area contributed by atoms with E-state index in [9.17, 15) is 14.5 Å². The second-order valence-corrected chi connectivity index (χ2v) is 5.90. The molecule has 0 fully saturated rings. The molecule has 0 aliphatic rings. The van der Waals surface area contributed by atoms with Crippen molar-refractivity contribution < 1.29 is 9.31 Å². The minimum absolute atomic E-state index is 0.0571. The molecule has 2 aromatic heterocycles. The second-order valence-electron chi connectivity index (χ2n) is 3.67. The lowest BCUT2D eigenvalue weighted by Crippen LogP contribution is -1.98. The van der Waals surface area contributed by atoms with Gasteiger partial charge in [0, 0.05) is 0 Å². The van der Waals surface area contributed by atoms with E-state index in [-0.39, 0.29) is 10.8 Å². The number of nitrogens with zero attached hydrogens (tertiary/aromatic N) is 6. The van der Waals surface area contributed by atoms with Crippen LogP contribution in [0.1, 0.15) is 0 Å². The quantitative estimate of drug-likeness (QED) is 0.536. The number of thiazole rings is 1. The lowest BCUT2D eigenvalue weighted by molar-refractivity contribution is -0.380. The van der Waals surface area contributed by atoms with Crippen molar-refractivity contribution in [3.05, 3.63) is 46.4 Å². The highest BCUT2D eigenvalue weighted by Crippen LogP contribution is 2.33. The van der Waals surface area contributed by atoms with Gasteiger partial charge in [0.1, 0.15) is 12.0 Å². The van der Waals surface area contributed by atoms with Crippen LogP contribution < -0.4 is 0 Å². The number of hydrogen-bond donors (Lipinski definition) is 0. The summed E-state index contributed by atoms with van der Waals surface area (Å²) in [7, 11) is 0. The van der Waals surface area contributed by atoms with Crippen LogP contribution in [0, 0.1) is 15.9 Å². The summed E-state index contributed by atoms with van der Waals surface area (Å²) in [6, 6.07) is 5.64. The Bertz CT molecular complexity index is 787. The molecule has 106 valence electrons. The first-order chi connectivity index (χ1) is 10.1. The standard InChI is InChI=1S/C10H5FN6O2S2/c11-6-1-3-7(4-2-6)16-9(13-14-15-16)21-10-12-5-8(20-10)17(18)19/h1-5H. The van der Waals surface area contributed by atoms with Gasteiger partial charge in [0.25, 0.3) is 0 Å². The molecular weight excluding hydrogens is 319 g/mol. The number of tetrazole rings is 1. The maximum absolute atomic E-state index is 12.9. The Labute approximate surface area is 124 Å². The van der Waals surface area contributed by atoms with E-state index in [0.717, 1.165) is 23.1 Å². The Hall–Kier alpha value is -2.40. The van der Waals surface area contributed by atoms with E-state index in [1.165, 1.54) is 35.1 Å². The first-order valence-electron chi connectivity index (χ1n) is 5.46. The van der Waals surface area contributed by atoms with E-state index in [1.54, 1.807) is 0 Å². The van der Waals surface area contributed by atoms with Crippen molar-refractivity contribution >= 4 is 28.1 Å². The van der Waals surface area contributed by atoms with Gasteiger partial charge in [0.2, 0.25) is 5.16 Å². The summed E-state index contributed by atoms with van der Waals surface area (Å²) in [6.45, 7) is 0. The first kappa shape index (κ1) is 13.6. The molecule has 0 atom stereocenters. The zero-order valence-electron chi connectivity index (χ0n) is 10.1. The summed E-state index contributed by atoms with van der Waals surface area (Å²) in [4.78, 5) is 14.0. The highest BCUT2D eigenvalue weighted by molar-refractivity contribution is 8.00. The lowest BCUT2D eigenvalue weighted by atomic mass is 10.3. The summed E-state index contributed by atoms with van der Waals surface area (Å²) in [5, 5.41) is 22.1. The van der Waals surface area contributed by atoms with Crippen LogP contribution in [0.5, 0.6) is 0 Å². The van der Waals surface area contributed by atoms with Gasteiger partial charge in [-0.15, -0.1) is 5.10 Å². The van der Waals surface area contributed by atoms with Crippen LogP contribution >= 0.6 is 23.1 Å². The maximum atomic E-state index is 12.9. The second kappa shape index (κ2) is 5.54. The molecule has 1 aromatic carbocycles. The molecule has 21 heavy (non-hydrogen) atoms. The largest absolute Gasteiger partial charge is 0.344 e. The number of hydrogen-bond acceptors (Lipinski definition) is 8. The summed E-state index contributed by atoms with van der Waals surface area (Å²) in [5.74, 6) is -0.364. The maximum Gasteiger partial charge on any atom is 0.344 e. The van der Waals surface area contributed by atoms with Crippen molar-refractivity contribution in [2.45, 2.75) is 9.50 Å². The van der Waals surface area contributed by atoms with Crippen molar-refractivity contribution in [1.82, 2.24) is 25.2 Å². The fraction of sp³-hybridized carbons (Fsp3) is 0. The van der Waals surface area contributed by atoms with Crippen LogP contribution in [0.3, 0.4) is 0 Å². The molecule has 0 N–H and O–H groups in total. The van der Waals surface area contributed by atoms with E-state index in [0.29, 0.717) is 15.2 Å².